The van der Waals surface area contributed by atoms with Crippen LogP contribution in [0.25, 0.3) is 0 Å². The van der Waals surface area contributed by atoms with Crippen molar-refractivity contribution in [1.29, 1.82) is 0 Å². The van der Waals surface area contributed by atoms with Gasteiger partial charge in [-0.05, 0) is 145 Å². The highest BCUT2D eigenvalue weighted by Crippen LogP contribution is 2.42. The Bertz CT molecular complexity index is 3760. The predicted octanol–water partition coefficient (Wildman–Crippen LogP) is 18.1. The van der Waals surface area contributed by atoms with Crippen LogP contribution in [0.4, 0.5) is 27.5 Å². The number of ketones is 1. The molecule has 2 saturated carbocycles. The van der Waals surface area contributed by atoms with Crippen molar-refractivity contribution in [3.05, 3.63) is 216 Å². The Kier molecular flexibility index (Phi) is 25.2. The number of hydrogen-bond donors (Lipinski definition) is 5. The van der Waals surface area contributed by atoms with Gasteiger partial charge >= 0.3 is 11.4 Å². The van der Waals surface area contributed by atoms with Crippen molar-refractivity contribution in [2.24, 2.45) is 17.6 Å². The number of halogens is 1. The van der Waals surface area contributed by atoms with Crippen molar-refractivity contribution in [2.75, 3.05) is 28.2 Å². The Morgan fingerprint density at radius 2 is 0.856 bits per heavy atom. The number of nitrogens with one attached hydrogen (secondary N) is 3. The lowest BCUT2D eigenvalue weighted by Crippen LogP contribution is -2.13. The summed E-state index contributed by atoms with van der Waals surface area (Å²) in [4.78, 5) is 77.5. The number of fused-ring (bicyclic) bond motifs is 6. The summed E-state index contributed by atoms with van der Waals surface area (Å²) in [5, 5.41) is 8.82. The maximum Gasteiger partial charge on any atom is 0.409 e. The molecule has 3 heterocycles. The van der Waals surface area contributed by atoms with Crippen LogP contribution in [0.15, 0.2) is 217 Å². The van der Waals surface area contributed by atoms with Gasteiger partial charge in [-0.15, -0.1) is 0 Å². The first-order valence-corrected chi connectivity index (χ1v) is 33.5. The van der Waals surface area contributed by atoms with Crippen LogP contribution in [0, 0.1) is 11.8 Å². The Morgan fingerprint density at radius 1 is 0.456 bits per heavy atom. The van der Waals surface area contributed by atoms with Crippen LogP contribution in [-0.2, 0) is 22.4 Å². The van der Waals surface area contributed by atoms with E-state index in [1.165, 1.54) is 88.8 Å². The number of hydrogen-bond acceptors (Lipinski definition) is 13. The lowest BCUT2D eigenvalue weighted by Gasteiger charge is -2.21. The fraction of sp³-hybridized carbons (Fsp3) is 0.260. The number of nitrogens with two attached hydrogens (primary N) is 2. The summed E-state index contributed by atoms with van der Waals surface area (Å²) in [6.07, 6.45) is 18.8. The second-order valence-electron chi connectivity index (χ2n) is 22.4. The highest BCUT2D eigenvalue weighted by molar-refractivity contribution is 8.00. The van der Waals surface area contributed by atoms with E-state index in [1.54, 1.807) is 66.0 Å². The van der Waals surface area contributed by atoms with Crippen molar-refractivity contribution in [1.82, 2.24) is 0 Å². The topological polar surface area (TPSA) is 209 Å². The van der Waals surface area contributed by atoms with Gasteiger partial charge in [0.05, 0.1) is 40.2 Å². The number of anilines is 4. The van der Waals surface area contributed by atoms with Gasteiger partial charge < -0.3 is 36.9 Å². The number of Topliss-reactive ketones (excluding diaryl/α,β-unsaturated/α-hetero) is 1. The number of esters is 1. The molecule has 13 nitrogen and oxygen atoms in total. The summed E-state index contributed by atoms with van der Waals surface area (Å²) in [6.45, 7) is 0.894. The predicted molar refractivity (Wildman–Crippen MR) is 363 cm³/mol. The molecule has 0 spiro atoms. The van der Waals surface area contributed by atoms with E-state index < -0.39 is 5.43 Å². The quantitative estimate of drug-likeness (QED) is 0.0334. The zero-order chi connectivity index (χ0) is 63.0. The zero-order valence-corrected chi connectivity index (χ0v) is 53.3. The first kappa shape index (κ1) is 66.3. The molecule has 5 aliphatic rings. The van der Waals surface area contributed by atoms with Crippen molar-refractivity contribution < 1.29 is 38.2 Å². The average Bonchev–Trinajstić information content (AvgIpc) is 1.80. The van der Waals surface area contributed by atoms with E-state index in [4.69, 9.17) is 27.8 Å². The normalized spacial score (nSPS) is 14.5. The van der Waals surface area contributed by atoms with E-state index in [1.807, 2.05) is 146 Å². The number of carbonyl (C=O) groups excluding carboxylic acids is 6. The summed E-state index contributed by atoms with van der Waals surface area (Å²) in [6, 6.07) is 57.5. The zero-order valence-electron chi connectivity index (χ0n) is 50.1. The van der Waals surface area contributed by atoms with E-state index in [0.717, 1.165) is 76.7 Å². The summed E-state index contributed by atoms with van der Waals surface area (Å²) in [7, 11) is 0. The van der Waals surface area contributed by atoms with Gasteiger partial charge in [0, 0.05) is 59.5 Å². The Balaban J connectivity index is 0.000000142. The number of ether oxygens (including phenoxy) is 2. The largest absolute Gasteiger partial charge is 0.426 e. The van der Waals surface area contributed by atoms with Crippen molar-refractivity contribution >= 4 is 105 Å². The molecule has 0 saturated heterocycles. The maximum atomic E-state index is 12.5. The molecule has 0 aromatic heterocycles. The molecule has 3 amide bonds. The highest BCUT2D eigenvalue weighted by Gasteiger charge is 2.24. The fourth-order valence-electron chi connectivity index (χ4n) is 11.1. The second-order valence-corrected chi connectivity index (χ2v) is 25.9. The molecule has 7 N–H and O–H groups in total. The minimum absolute atomic E-state index is 0.0854. The maximum absolute atomic E-state index is 12.5. The molecule has 0 atom stereocenters. The average molecular weight is 1280 g/mol. The van der Waals surface area contributed by atoms with Gasteiger partial charge in [-0.25, -0.2) is 4.79 Å². The molecule has 0 radical (unpaired) electrons. The number of benzene rings is 8. The van der Waals surface area contributed by atoms with Gasteiger partial charge in [-0.3, -0.25) is 24.0 Å². The molecule has 3 aliphatic heterocycles. The standard InChI is InChI=1S/C24H27NO2S.C21H15NO3S.C13H10N2OS.C8H17N.C7H5ClO2/c26-19(10-6-9-17-7-2-1-3-8-17)15-18-13-14-23-21(16-18)25-24(27)20-11-4-5-12-22(20)28-23;23-20(25-15-6-2-1-3-7-15)13-14-10-11-19-17(12-14)22-21(24)16-8-4-5-9-18(16)26-19;14-8-5-6-12-10(7-8)15-13(16)9-3-1-2-4-11(9)17-12;9-7-6-8-4-2-1-3-5-8;8-7(9)10-6-4-2-1-3-5-6/h4-5,11-14,16-17H,1-3,6-10,15H2,(H,25,27);1-12H,13H2,(H,22,24);1-7H,14H2,(H,15,16);8H,1-7,9H2;1-5H. The third-order valence-electron chi connectivity index (χ3n) is 15.6. The molecule has 2 aliphatic carbocycles. The minimum atomic E-state index is -0.814. The van der Waals surface area contributed by atoms with E-state index in [0.29, 0.717) is 58.2 Å². The molecular weight excluding hydrogens is 1210 g/mol. The lowest BCUT2D eigenvalue weighted by molar-refractivity contribution is -0.133. The van der Waals surface area contributed by atoms with Crippen LogP contribution >= 0.6 is 46.9 Å². The third-order valence-corrected chi connectivity index (χ3v) is 19.2. The fourth-order valence-corrected chi connectivity index (χ4v) is 14.3. The van der Waals surface area contributed by atoms with Gasteiger partial charge in [0.2, 0.25) is 0 Å². The molecule has 2 fully saturated rings. The molecule has 90 heavy (non-hydrogen) atoms. The molecule has 0 bridgehead atoms. The SMILES string of the molecule is NCCC1CCCCC1.Nc1ccc2c(c1)NC(=O)c1ccccc1S2.O=C(CCCC1CCCCC1)Cc1ccc2c(c1)NC(=O)c1ccccc1S2.O=C(Cc1ccc2c(c1)NC(=O)c1ccccc1S2)Oc1ccccc1.O=C(Cl)Oc1ccccc1. The van der Waals surface area contributed by atoms with Crippen molar-refractivity contribution in [3.8, 4) is 11.5 Å². The number of rotatable bonds is 12. The van der Waals surface area contributed by atoms with Crippen LogP contribution in [0.5, 0.6) is 11.5 Å². The van der Waals surface area contributed by atoms with Gasteiger partial charge in [0.15, 0.2) is 0 Å². The van der Waals surface area contributed by atoms with Crippen LogP contribution in [-0.4, -0.2) is 41.4 Å². The van der Waals surface area contributed by atoms with E-state index in [2.05, 4.69) is 20.7 Å². The summed E-state index contributed by atoms with van der Waals surface area (Å²) in [5.41, 5.74) is 17.1. The molecule has 17 heteroatoms. The van der Waals surface area contributed by atoms with Gasteiger partial charge in [0.1, 0.15) is 17.3 Å². The summed E-state index contributed by atoms with van der Waals surface area (Å²) < 4.78 is 9.87. The second kappa shape index (κ2) is 34.2. The molecule has 0 unspecified atom stereocenters. The molecular formula is C73H74ClN5O8S3. The third kappa shape index (κ3) is 20.2. The van der Waals surface area contributed by atoms with Crippen LogP contribution in [0.1, 0.15) is 132 Å². The monoisotopic (exact) mass is 1280 g/mol. The highest BCUT2D eigenvalue weighted by atomic mass is 35.5. The number of carbonyl (C=O) groups is 6. The Labute approximate surface area is 544 Å². The Morgan fingerprint density at radius 3 is 1.31 bits per heavy atom. The smallest absolute Gasteiger partial charge is 0.409 e. The van der Waals surface area contributed by atoms with Crippen LogP contribution in [0.2, 0.25) is 0 Å². The van der Waals surface area contributed by atoms with E-state index in [9.17, 15) is 28.8 Å². The van der Waals surface area contributed by atoms with Gasteiger partial charge in [-0.1, -0.05) is 191 Å². The van der Waals surface area contributed by atoms with E-state index >= 15 is 0 Å². The molecule has 13 rings (SSSR count). The van der Waals surface area contributed by atoms with Crippen LogP contribution < -0.4 is 36.9 Å². The summed E-state index contributed by atoms with van der Waals surface area (Å²) >= 11 is 9.66. The molecule has 464 valence electrons. The van der Waals surface area contributed by atoms with Crippen molar-refractivity contribution in [3.63, 3.8) is 0 Å². The van der Waals surface area contributed by atoms with E-state index in [-0.39, 0.29) is 30.1 Å². The number of para-hydroxylation sites is 2. The minimum Gasteiger partial charge on any atom is -0.426 e. The lowest BCUT2D eigenvalue weighted by atomic mass is 9.85. The number of nitrogen functional groups attached to an aromatic ring is 1. The first-order chi connectivity index (χ1) is 43.8. The first-order valence-electron chi connectivity index (χ1n) is 30.6. The molecule has 8 aromatic rings. The van der Waals surface area contributed by atoms with Gasteiger partial charge in [-0.2, -0.15) is 0 Å². The Hall–Kier alpha value is -8.12. The van der Waals surface area contributed by atoms with Crippen molar-refractivity contribution in [2.45, 2.75) is 132 Å². The molecule has 8 aromatic carbocycles. The van der Waals surface area contributed by atoms with Crippen LogP contribution in [0.3, 0.4) is 0 Å². The number of amides is 3. The summed E-state index contributed by atoms with van der Waals surface area (Å²) in [5.74, 6) is 2.44. The van der Waals surface area contributed by atoms with Gasteiger partial charge in [0.25, 0.3) is 17.7 Å².